The Morgan fingerprint density at radius 1 is 0.886 bits per heavy atom. The van der Waals surface area contributed by atoms with Gasteiger partial charge in [-0.25, -0.2) is 0 Å². The first kappa shape index (κ1) is 20.6. The van der Waals surface area contributed by atoms with E-state index < -0.39 is 0 Å². The lowest BCUT2D eigenvalue weighted by molar-refractivity contribution is -0.0488. The van der Waals surface area contributed by atoms with Crippen LogP contribution in [0.5, 0.6) is 23.0 Å². The van der Waals surface area contributed by atoms with Crippen LogP contribution in [0, 0.1) is 0 Å². The highest BCUT2D eigenvalue weighted by atomic mass is 16.7. The number of benzene rings is 3. The second kappa shape index (κ2) is 7.90. The van der Waals surface area contributed by atoms with Gasteiger partial charge in [0.05, 0.1) is 6.61 Å². The maximum absolute atomic E-state index is 13.7. The molecule has 0 spiro atoms. The zero-order valence-corrected chi connectivity index (χ0v) is 18.9. The minimum atomic E-state index is -0.0790. The van der Waals surface area contributed by atoms with Crippen LogP contribution in [0.1, 0.15) is 27.4 Å². The fourth-order valence-electron chi connectivity index (χ4n) is 5.83. The van der Waals surface area contributed by atoms with Gasteiger partial charge in [0, 0.05) is 42.3 Å². The van der Waals surface area contributed by atoms with Crippen molar-refractivity contribution in [1.82, 2.24) is 4.90 Å². The first-order chi connectivity index (χ1) is 17.2. The van der Waals surface area contributed by atoms with Crippen LogP contribution in [-0.2, 0) is 6.54 Å². The molecule has 0 unspecified atom stereocenters. The van der Waals surface area contributed by atoms with Gasteiger partial charge in [0.1, 0.15) is 0 Å². The number of aliphatic hydroxyl groups excluding tert-OH is 1. The van der Waals surface area contributed by atoms with Crippen molar-refractivity contribution < 1.29 is 28.8 Å². The van der Waals surface area contributed by atoms with Gasteiger partial charge in [0.25, 0.3) is 5.91 Å². The SMILES string of the molecule is O=C(c1ccc2c(c1)OCO2)N1C[C@H]2[C@@H](c3ccccc31)[C@H](CO)N2Cc1ccc2c(c1)OCO2. The fraction of sp³-hybridized carbons (Fsp3) is 0.296. The number of carbonyl (C=O) groups is 1. The molecule has 0 saturated carbocycles. The Morgan fingerprint density at radius 3 is 2.40 bits per heavy atom. The summed E-state index contributed by atoms with van der Waals surface area (Å²) in [6.07, 6.45) is 0. The summed E-state index contributed by atoms with van der Waals surface area (Å²) in [5.74, 6) is 2.82. The largest absolute Gasteiger partial charge is 0.454 e. The third-order valence-corrected chi connectivity index (χ3v) is 7.49. The molecule has 8 nitrogen and oxygen atoms in total. The topological polar surface area (TPSA) is 80.7 Å². The molecule has 3 aromatic rings. The van der Waals surface area contributed by atoms with E-state index in [0.29, 0.717) is 30.2 Å². The van der Waals surface area contributed by atoms with Crippen LogP contribution in [0.15, 0.2) is 60.7 Å². The minimum absolute atomic E-state index is 0.0191. The number of anilines is 1. The quantitative estimate of drug-likeness (QED) is 0.625. The Balaban J connectivity index is 1.21. The molecule has 0 radical (unpaired) electrons. The zero-order valence-electron chi connectivity index (χ0n) is 18.9. The molecule has 0 bridgehead atoms. The summed E-state index contributed by atoms with van der Waals surface area (Å²) >= 11 is 0. The van der Waals surface area contributed by atoms with E-state index in [1.165, 1.54) is 0 Å². The molecule has 1 N–H and O–H groups in total. The third kappa shape index (κ3) is 3.17. The monoisotopic (exact) mass is 472 g/mol. The molecule has 1 amide bonds. The Kier molecular flexibility index (Phi) is 4.65. The van der Waals surface area contributed by atoms with E-state index in [9.17, 15) is 9.90 Å². The number of amides is 1. The summed E-state index contributed by atoms with van der Waals surface area (Å²) in [5, 5.41) is 10.3. The van der Waals surface area contributed by atoms with Gasteiger partial charge in [0.15, 0.2) is 23.0 Å². The van der Waals surface area contributed by atoms with Crippen LogP contribution >= 0.6 is 0 Å². The molecular weight excluding hydrogens is 448 g/mol. The fourth-order valence-corrected chi connectivity index (χ4v) is 5.83. The standard InChI is InChI=1S/C27H24N2O6/c30-13-21-26-18-3-1-2-4-19(18)29(27(31)17-6-8-23-25(10-17)35-15-33-23)12-20(26)28(21)11-16-5-7-22-24(9-16)34-14-32-22/h1-10,20-21,26,30H,11-15H2/t20-,21-,26+/m0/s1. The Bertz CT molecular complexity index is 1330. The molecule has 1 fully saturated rings. The number of rotatable bonds is 4. The molecular formula is C27H24N2O6. The third-order valence-electron chi connectivity index (χ3n) is 7.49. The number of para-hydroxylation sites is 1. The van der Waals surface area contributed by atoms with Gasteiger partial charge in [-0.15, -0.1) is 0 Å². The van der Waals surface area contributed by atoms with Crippen LogP contribution in [0.4, 0.5) is 5.69 Å². The minimum Gasteiger partial charge on any atom is -0.454 e. The highest BCUT2D eigenvalue weighted by Gasteiger charge is 2.53. The number of carbonyl (C=O) groups excluding carboxylic acids is 1. The van der Waals surface area contributed by atoms with E-state index in [0.717, 1.165) is 28.3 Å². The average molecular weight is 472 g/mol. The first-order valence-corrected chi connectivity index (χ1v) is 11.8. The summed E-state index contributed by atoms with van der Waals surface area (Å²) in [6.45, 7) is 1.64. The van der Waals surface area contributed by atoms with Crippen LogP contribution in [-0.4, -0.2) is 54.7 Å². The van der Waals surface area contributed by atoms with E-state index in [1.807, 2.05) is 41.3 Å². The summed E-state index contributed by atoms with van der Waals surface area (Å²) in [7, 11) is 0. The van der Waals surface area contributed by atoms with Crippen molar-refractivity contribution in [3.8, 4) is 23.0 Å². The molecule has 35 heavy (non-hydrogen) atoms. The normalized spacial score (nSPS) is 23.5. The molecule has 4 heterocycles. The number of ether oxygens (including phenoxy) is 4. The van der Waals surface area contributed by atoms with Gasteiger partial charge in [-0.1, -0.05) is 24.3 Å². The molecule has 3 aromatic carbocycles. The van der Waals surface area contributed by atoms with E-state index in [1.54, 1.807) is 18.2 Å². The Labute approximate surface area is 202 Å². The van der Waals surface area contributed by atoms with Crippen LogP contribution in [0.25, 0.3) is 0 Å². The number of hydrogen-bond acceptors (Lipinski definition) is 7. The van der Waals surface area contributed by atoms with Crippen molar-refractivity contribution in [2.24, 2.45) is 0 Å². The van der Waals surface area contributed by atoms with Crippen LogP contribution in [0.3, 0.4) is 0 Å². The van der Waals surface area contributed by atoms with Crippen molar-refractivity contribution in [2.45, 2.75) is 24.5 Å². The lowest BCUT2D eigenvalue weighted by atomic mass is 9.71. The van der Waals surface area contributed by atoms with Gasteiger partial charge < -0.3 is 29.0 Å². The first-order valence-electron chi connectivity index (χ1n) is 11.8. The molecule has 3 atom stereocenters. The van der Waals surface area contributed by atoms with Gasteiger partial charge in [-0.3, -0.25) is 9.69 Å². The number of fused-ring (bicyclic) bond motifs is 5. The van der Waals surface area contributed by atoms with Gasteiger partial charge >= 0.3 is 0 Å². The highest BCUT2D eigenvalue weighted by molar-refractivity contribution is 6.07. The van der Waals surface area contributed by atoms with E-state index in [2.05, 4.69) is 11.0 Å². The molecule has 0 aromatic heterocycles. The smallest absolute Gasteiger partial charge is 0.258 e. The molecule has 4 aliphatic heterocycles. The lowest BCUT2D eigenvalue weighted by Gasteiger charge is -2.59. The summed E-state index contributed by atoms with van der Waals surface area (Å²) in [5.41, 5.74) is 3.64. The average Bonchev–Trinajstić information content (AvgIpc) is 3.55. The van der Waals surface area contributed by atoms with Crippen molar-refractivity contribution in [1.29, 1.82) is 0 Å². The van der Waals surface area contributed by atoms with Gasteiger partial charge in [-0.2, -0.15) is 0 Å². The number of nitrogens with zero attached hydrogens (tertiary/aromatic N) is 2. The number of hydrogen-bond donors (Lipinski definition) is 1. The molecule has 7 rings (SSSR count). The molecule has 4 aliphatic rings. The van der Waals surface area contributed by atoms with Crippen molar-refractivity contribution in [3.05, 3.63) is 77.4 Å². The van der Waals surface area contributed by atoms with Crippen molar-refractivity contribution >= 4 is 11.6 Å². The second-order valence-corrected chi connectivity index (χ2v) is 9.25. The molecule has 1 saturated heterocycles. The Morgan fingerprint density at radius 2 is 1.60 bits per heavy atom. The predicted molar refractivity (Wildman–Crippen MR) is 126 cm³/mol. The number of likely N-dealkylation sites (tertiary alicyclic amines) is 1. The summed E-state index contributed by atoms with van der Waals surface area (Å²) in [4.78, 5) is 17.9. The second-order valence-electron chi connectivity index (χ2n) is 9.25. The lowest BCUT2D eigenvalue weighted by Crippen LogP contribution is -2.68. The Hall–Kier alpha value is -3.75. The van der Waals surface area contributed by atoms with Crippen molar-refractivity contribution in [3.63, 3.8) is 0 Å². The zero-order chi connectivity index (χ0) is 23.5. The van der Waals surface area contributed by atoms with Crippen molar-refractivity contribution in [2.75, 3.05) is 31.6 Å². The van der Waals surface area contributed by atoms with E-state index >= 15 is 0 Å². The molecule has 0 aliphatic carbocycles. The summed E-state index contributed by atoms with van der Waals surface area (Å²) < 4.78 is 21.9. The van der Waals surface area contributed by atoms with Gasteiger partial charge in [-0.05, 0) is 47.5 Å². The van der Waals surface area contributed by atoms with Gasteiger partial charge in [0.2, 0.25) is 13.6 Å². The maximum Gasteiger partial charge on any atom is 0.258 e. The number of aliphatic hydroxyl groups is 1. The van der Waals surface area contributed by atoms with Crippen LogP contribution < -0.4 is 23.8 Å². The summed E-state index contributed by atoms with van der Waals surface area (Å²) in [6, 6.07) is 19.4. The van der Waals surface area contributed by atoms with E-state index in [4.69, 9.17) is 18.9 Å². The van der Waals surface area contributed by atoms with E-state index in [-0.39, 0.29) is 44.1 Å². The highest BCUT2D eigenvalue weighted by Crippen LogP contribution is 2.49. The molecule has 178 valence electrons. The van der Waals surface area contributed by atoms with Crippen LogP contribution in [0.2, 0.25) is 0 Å². The predicted octanol–water partition coefficient (Wildman–Crippen LogP) is 3.13. The maximum atomic E-state index is 13.7. The molecule has 8 heteroatoms.